The fourth-order valence-electron chi connectivity index (χ4n) is 4.14. The summed E-state index contributed by atoms with van der Waals surface area (Å²) in [6.45, 7) is 7.28. The summed E-state index contributed by atoms with van der Waals surface area (Å²) in [6.07, 6.45) is 1.56. The molecule has 0 saturated carbocycles. The van der Waals surface area contributed by atoms with Gasteiger partial charge in [0.1, 0.15) is 11.6 Å². The van der Waals surface area contributed by atoms with Gasteiger partial charge >= 0.3 is 0 Å². The Morgan fingerprint density at radius 1 is 1.24 bits per heavy atom. The Bertz CT molecular complexity index is 782. The molecular formula is C19H22FN3O2. The lowest BCUT2D eigenvalue weighted by Gasteiger charge is -2.24. The zero-order valence-corrected chi connectivity index (χ0v) is 14.6. The number of hydrogen-bond acceptors (Lipinski definition) is 4. The molecular weight excluding hydrogens is 321 g/mol. The molecule has 25 heavy (non-hydrogen) atoms. The van der Waals surface area contributed by atoms with Gasteiger partial charge in [-0.2, -0.15) is 0 Å². The van der Waals surface area contributed by atoms with Crippen LogP contribution in [0.2, 0.25) is 0 Å². The fourth-order valence-corrected chi connectivity index (χ4v) is 4.14. The Hall–Kier alpha value is -2.21. The first kappa shape index (κ1) is 16.3. The molecule has 5 nitrogen and oxygen atoms in total. The van der Waals surface area contributed by atoms with Crippen molar-refractivity contribution in [1.29, 1.82) is 0 Å². The minimum atomic E-state index is -0.281. The molecule has 0 unspecified atom stereocenters. The zero-order chi connectivity index (χ0) is 17.6. The average Bonchev–Trinajstić information content (AvgIpc) is 3.23. The number of carbonyl (C=O) groups is 1. The quantitative estimate of drug-likeness (QED) is 0.859. The highest BCUT2D eigenvalue weighted by Crippen LogP contribution is 2.42. The number of amides is 1. The number of rotatable bonds is 3. The summed E-state index contributed by atoms with van der Waals surface area (Å²) in [7, 11) is 0. The molecule has 1 amide bonds. The van der Waals surface area contributed by atoms with Gasteiger partial charge in [0.15, 0.2) is 0 Å². The van der Waals surface area contributed by atoms with Crippen LogP contribution in [-0.4, -0.2) is 35.6 Å². The van der Waals surface area contributed by atoms with E-state index in [4.69, 9.17) is 4.52 Å². The number of likely N-dealkylation sites (tertiary alicyclic amines) is 1. The Morgan fingerprint density at radius 3 is 2.68 bits per heavy atom. The van der Waals surface area contributed by atoms with Crippen molar-refractivity contribution in [2.75, 3.05) is 24.5 Å². The number of aromatic nitrogens is 1. The van der Waals surface area contributed by atoms with Crippen molar-refractivity contribution in [3.63, 3.8) is 0 Å². The maximum Gasteiger partial charge on any atom is 0.227 e. The lowest BCUT2D eigenvalue weighted by Crippen LogP contribution is -2.31. The molecule has 1 aromatic heterocycles. The molecule has 1 atom stereocenters. The van der Waals surface area contributed by atoms with Crippen LogP contribution in [0.15, 0.2) is 28.8 Å². The molecule has 6 heteroatoms. The number of hydrogen-bond donors (Lipinski definition) is 0. The van der Waals surface area contributed by atoms with Crippen LogP contribution in [-0.2, 0) is 11.3 Å². The van der Waals surface area contributed by atoms with Crippen LogP contribution in [0.1, 0.15) is 29.9 Å². The smallest absolute Gasteiger partial charge is 0.227 e. The van der Waals surface area contributed by atoms with Crippen LogP contribution in [0, 0.1) is 25.1 Å². The third kappa shape index (κ3) is 2.95. The van der Waals surface area contributed by atoms with Crippen molar-refractivity contribution in [3.8, 4) is 0 Å². The molecule has 3 heterocycles. The van der Waals surface area contributed by atoms with Crippen molar-refractivity contribution in [2.45, 2.75) is 33.2 Å². The van der Waals surface area contributed by atoms with Crippen molar-refractivity contribution in [3.05, 3.63) is 47.1 Å². The van der Waals surface area contributed by atoms with Crippen molar-refractivity contribution < 1.29 is 13.7 Å². The summed E-state index contributed by atoms with van der Waals surface area (Å²) in [4.78, 5) is 16.7. The molecule has 1 aromatic carbocycles. The highest BCUT2D eigenvalue weighted by molar-refractivity contribution is 5.96. The maximum atomic E-state index is 13.1. The predicted octanol–water partition coefficient (Wildman–Crippen LogP) is 3.06. The van der Waals surface area contributed by atoms with Gasteiger partial charge in [-0.25, -0.2) is 4.39 Å². The van der Waals surface area contributed by atoms with E-state index in [1.54, 1.807) is 17.0 Å². The standard InChI is InChI=1S/C19H22FN3O2/c1-13-17(14(2)25-21-13)10-22-8-7-19(11-22)9-18(24)23(12-19)16-5-3-15(20)4-6-16/h3-6H,7-12H2,1-2H3/t19-/m0/s1. The second kappa shape index (κ2) is 5.95. The largest absolute Gasteiger partial charge is 0.361 e. The van der Waals surface area contributed by atoms with Gasteiger partial charge in [-0.3, -0.25) is 9.69 Å². The molecule has 0 radical (unpaired) electrons. The van der Waals surface area contributed by atoms with Gasteiger partial charge in [0.2, 0.25) is 5.91 Å². The Labute approximate surface area is 146 Å². The summed E-state index contributed by atoms with van der Waals surface area (Å²) in [5.74, 6) is 0.719. The Balaban J connectivity index is 1.47. The average molecular weight is 343 g/mol. The number of benzene rings is 1. The van der Waals surface area contributed by atoms with Crippen molar-refractivity contribution >= 4 is 11.6 Å². The van der Waals surface area contributed by atoms with E-state index in [1.807, 2.05) is 13.8 Å². The van der Waals surface area contributed by atoms with Crippen LogP contribution >= 0.6 is 0 Å². The molecule has 2 saturated heterocycles. The minimum absolute atomic E-state index is 0.00948. The first-order valence-corrected chi connectivity index (χ1v) is 8.66. The molecule has 2 aliphatic heterocycles. The van der Waals surface area contributed by atoms with E-state index in [1.165, 1.54) is 12.1 Å². The number of anilines is 1. The van der Waals surface area contributed by atoms with Gasteiger partial charge in [0.05, 0.1) is 5.69 Å². The monoisotopic (exact) mass is 343 g/mol. The molecule has 2 aromatic rings. The molecule has 2 fully saturated rings. The van der Waals surface area contributed by atoms with E-state index in [2.05, 4.69) is 10.1 Å². The molecule has 0 aliphatic carbocycles. The highest BCUT2D eigenvalue weighted by atomic mass is 19.1. The van der Waals surface area contributed by atoms with Crippen molar-refractivity contribution in [1.82, 2.24) is 10.1 Å². The van der Waals surface area contributed by atoms with E-state index >= 15 is 0 Å². The van der Waals surface area contributed by atoms with Crippen LogP contribution in [0.4, 0.5) is 10.1 Å². The van der Waals surface area contributed by atoms with Gasteiger partial charge in [0.25, 0.3) is 0 Å². The van der Waals surface area contributed by atoms with Crippen LogP contribution in [0.25, 0.3) is 0 Å². The first-order valence-electron chi connectivity index (χ1n) is 8.66. The second-order valence-corrected chi connectivity index (χ2v) is 7.40. The van der Waals surface area contributed by atoms with Crippen LogP contribution in [0.5, 0.6) is 0 Å². The number of carbonyl (C=O) groups excluding carboxylic acids is 1. The lowest BCUT2D eigenvalue weighted by molar-refractivity contribution is -0.117. The minimum Gasteiger partial charge on any atom is -0.361 e. The third-order valence-corrected chi connectivity index (χ3v) is 5.54. The number of halogens is 1. The van der Waals surface area contributed by atoms with E-state index in [0.717, 1.165) is 48.8 Å². The number of aryl methyl sites for hydroxylation is 2. The lowest BCUT2D eigenvalue weighted by atomic mass is 9.86. The molecule has 4 rings (SSSR count). The summed E-state index contributed by atoms with van der Waals surface area (Å²) < 4.78 is 18.4. The van der Waals surface area contributed by atoms with E-state index < -0.39 is 0 Å². The molecule has 2 aliphatic rings. The summed E-state index contributed by atoms with van der Waals surface area (Å²) in [5.41, 5.74) is 2.86. The van der Waals surface area contributed by atoms with Crippen LogP contribution in [0.3, 0.4) is 0 Å². The van der Waals surface area contributed by atoms with Gasteiger partial charge in [-0.05, 0) is 51.1 Å². The Kier molecular flexibility index (Phi) is 3.87. The van der Waals surface area contributed by atoms with Gasteiger partial charge < -0.3 is 9.42 Å². The SMILES string of the molecule is Cc1noc(C)c1CN1CC[C@]2(CC(=O)N(c3ccc(F)cc3)C2)C1. The van der Waals surface area contributed by atoms with Crippen molar-refractivity contribution in [2.24, 2.45) is 5.41 Å². The molecule has 0 bridgehead atoms. The topological polar surface area (TPSA) is 49.6 Å². The highest BCUT2D eigenvalue weighted by Gasteiger charge is 2.47. The van der Waals surface area contributed by atoms with Gasteiger partial charge in [0, 0.05) is 42.7 Å². The molecule has 0 N–H and O–H groups in total. The first-order chi connectivity index (χ1) is 12.0. The number of nitrogens with zero attached hydrogens (tertiary/aromatic N) is 3. The van der Waals surface area contributed by atoms with E-state index in [-0.39, 0.29) is 17.1 Å². The summed E-state index contributed by atoms with van der Waals surface area (Å²) in [6, 6.07) is 6.18. The maximum absolute atomic E-state index is 13.1. The van der Waals surface area contributed by atoms with E-state index in [0.29, 0.717) is 13.0 Å². The Morgan fingerprint density at radius 2 is 2.00 bits per heavy atom. The fraction of sp³-hybridized carbons (Fsp3) is 0.474. The van der Waals surface area contributed by atoms with Crippen LogP contribution < -0.4 is 4.90 Å². The molecule has 132 valence electrons. The van der Waals surface area contributed by atoms with Gasteiger partial charge in [-0.1, -0.05) is 5.16 Å². The predicted molar refractivity (Wildman–Crippen MR) is 91.7 cm³/mol. The third-order valence-electron chi connectivity index (χ3n) is 5.54. The second-order valence-electron chi connectivity index (χ2n) is 7.40. The summed E-state index contributed by atoms with van der Waals surface area (Å²) in [5, 5.41) is 4.02. The summed E-state index contributed by atoms with van der Waals surface area (Å²) >= 11 is 0. The van der Waals surface area contributed by atoms with E-state index in [9.17, 15) is 9.18 Å². The molecule has 1 spiro atoms. The zero-order valence-electron chi connectivity index (χ0n) is 14.6. The van der Waals surface area contributed by atoms with Gasteiger partial charge in [-0.15, -0.1) is 0 Å². The normalized spacial score (nSPS) is 24.0.